The SMILES string of the molecule is Cc1ccc(-c2[c]c[nH]n2)cc1. The van der Waals surface area contributed by atoms with Crippen LogP contribution in [0.25, 0.3) is 11.3 Å². The molecule has 2 aromatic rings. The first-order valence-electron chi connectivity index (χ1n) is 3.85. The van der Waals surface area contributed by atoms with Crippen LogP contribution in [0.4, 0.5) is 0 Å². The number of rotatable bonds is 1. The fourth-order valence-electron chi connectivity index (χ4n) is 1.09. The number of nitrogens with zero attached hydrogens (tertiary/aromatic N) is 1. The first-order valence-corrected chi connectivity index (χ1v) is 3.85. The van der Waals surface area contributed by atoms with Gasteiger partial charge < -0.3 is 0 Å². The van der Waals surface area contributed by atoms with Gasteiger partial charge in [-0.25, -0.2) is 0 Å². The lowest BCUT2D eigenvalue weighted by Crippen LogP contribution is -1.78. The Morgan fingerprint density at radius 1 is 1.25 bits per heavy atom. The zero-order valence-corrected chi connectivity index (χ0v) is 6.83. The lowest BCUT2D eigenvalue weighted by molar-refractivity contribution is 1.09. The Bertz CT molecular complexity index is 346. The molecule has 59 valence electrons. The Morgan fingerprint density at radius 2 is 2.00 bits per heavy atom. The van der Waals surface area contributed by atoms with Gasteiger partial charge in [0, 0.05) is 17.8 Å². The monoisotopic (exact) mass is 157 g/mol. The molecule has 0 fully saturated rings. The summed E-state index contributed by atoms with van der Waals surface area (Å²) in [5.41, 5.74) is 3.23. The van der Waals surface area contributed by atoms with Gasteiger partial charge in [0.15, 0.2) is 0 Å². The van der Waals surface area contributed by atoms with Gasteiger partial charge in [-0.3, -0.25) is 5.10 Å². The van der Waals surface area contributed by atoms with E-state index < -0.39 is 0 Å². The second kappa shape index (κ2) is 2.81. The zero-order chi connectivity index (χ0) is 8.39. The number of H-pyrrole nitrogens is 1. The van der Waals surface area contributed by atoms with Crippen molar-refractivity contribution in [2.24, 2.45) is 0 Å². The minimum absolute atomic E-state index is 0.870. The Balaban J connectivity index is 2.43. The number of nitrogens with one attached hydrogen (secondary N) is 1. The molecule has 1 radical (unpaired) electrons. The summed E-state index contributed by atoms with van der Waals surface area (Å²) in [6.07, 6.45) is 1.70. The van der Waals surface area contributed by atoms with Crippen LogP contribution in [-0.4, -0.2) is 10.2 Å². The summed E-state index contributed by atoms with van der Waals surface area (Å²) in [4.78, 5) is 0. The third-order valence-corrected chi connectivity index (χ3v) is 1.77. The highest BCUT2D eigenvalue weighted by atomic mass is 15.1. The molecular formula is C10H9N2. The van der Waals surface area contributed by atoms with E-state index in [1.54, 1.807) is 6.20 Å². The van der Waals surface area contributed by atoms with Crippen molar-refractivity contribution in [1.82, 2.24) is 10.2 Å². The maximum Gasteiger partial charge on any atom is 0.1000 e. The van der Waals surface area contributed by atoms with E-state index in [0.29, 0.717) is 0 Å². The smallest absolute Gasteiger partial charge is 0.1000 e. The van der Waals surface area contributed by atoms with E-state index in [0.717, 1.165) is 11.3 Å². The van der Waals surface area contributed by atoms with Gasteiger partial charge in [0.25, 0.3) is 0 Å². The fraction of sp³-hybridized carbons (Fsp3) is 0.100. The molecule has 12 heavy (non-hydrogen) atoms. The van der Waals surface area contributed by atoms with Crippen LogP contribution in [0.2, 0.25) is 0 Å². The molecule has 2 heteroatoms. The highest BCUT2D eigenvalue weighted by Crippen LogP contribution is 2.15. The summed E-state index contributed by atoms with van der Waals surface area (Å²) in [7, 11) is 0. The largest absolute Gasteiger partial charge is 0.284 e. The summed E-state index contributed by atoms with van der Waals surface area (Å²) in [5.74, 6) is 0. The van der Waals surface area contributed by atoms with Gasteiger partial charge in [0.05, 0.1) is 5.69 Å². The molecule has 1 heterocycles. The third-order valence-electron chi connectivity index (χ3n) is 1.77. The average molecular weight is 157 g/mol. The van der Waals surface area contributed by atoms with Crippen molar-refractivity contribution in [3.8, 4) is 11.3 Å². The molecule has 0 unspecified atom stereocenters. The summed E-state index contributed by atoms with van der Waals surface area (Å²) in [6.45, 7) is 2.07. The molecule has 0 aliphatic carbocycles. The Kier molecular flexibility index (Phi) is 1.67. The van der Waals surface area contributed by atoms with Gasteiger partial charge in [0.2, 0.25) is 0 Å². The fourth-order valence-corrected chi connectivity index (χ4v) is 1.09. The summed E-state index contributed by atoms with van der Waals surface area (Å²) in [5, 5.41) is 6.77. The molecule has 2 rings (SSSR count). The van der Waals surface area contributed by atoms with E-state index >= 15 is 0 Å². The maximum absolute atomic E-state index is 4.04. The maximum atomic E-state index is 4.04. The molecule has 0 atom stereocenters. The molecule has 0 aliphatic rings. The molecule has 0 saturated heterocycles. The van der Waals surface area contributed by atoms with Crippen LogP contribution in [0, 0.1) is 13.0 Å². The minimum atomic E-state index is 0.870. The van der Waals surface area contributed by atoms with Crippen molar-refractivity contribution < 1.29 is 0 Å². The second-order valence-electron chi connectivity index (χ2n) is 2.74. The van der Waals surface area contributed by atoms with Crippen LogP contribution in [0.3, 0.4) is 0 Å². The topological polar surface area (TPSA) is 28.7 Å². The quantitative estimate of drug-likeness (QED) is 0.675. The summed E-state index contributed by atoms with van der Waals surface area (Å²) < 4.78 is 0. The van der Waals surface area contributed by atoms with Crippen molar-refractivity contribution >= 4 is 0 Å². The molecule has 0 amide bonds. The van der Waals surface area contributed by atoms with Gasteiger partial charge in [-0.2, -0.15) is 5.10 Å². The molecular weight excluding hydrogens is 148 g/mol. The zero-order valence-electron chi connectivity index (χ0n) is 6.83. The van der Waals surface area contributed by atoms with Gasteiger partial charge in [0.1, 0.15) is 0 Å². The van der Waals surface area contributed by atoms with Crippen LogP contribution >= 0.6 is 0 Å². The summed E-state index contributed by atoms with van der Waals surface area (Å²) >= 11 is 0. The van der Waals surface area contributed by atoms with Gasteiger partial charge in [-0.05, 0) is 6.92 Å². The summed E-state index contributed by atoms with van der Waals surface area (Å²) in [6, 6.07) is 11.2. The van der Waals surface area contributed by atoms with Crippen LogP contribution in [0.15, 0.2) is 30.5 Å². The van der Waals surface area contributed by atoms with E-state index in [4.69, 9.17) is 0 Å². The Labute approximate surface area is 71.3 Å². The highest BCUT2D eigenvalue weighted by molar-refractivity contribution is 5.57. The Morgan fingerprint density at radius 3 is 2.58 bits per heavy atom. The molecule has 0 bridgehead atoms. The highest BCUT2D eigenvalue weighted by Gasteiger charge is 1.97. The number of hydrogen-bond acceptors (Lipinski definition) is 1. The first kappa shape index (κ1) is 7.10. The van der Waals surface area contributed by atoms with Crippen LogP contribution in [0.1, 0.15) is 5.56 Å². The molecule has 1 aromatic heterocycles. The van der Waals surface area contributed by atoms with Crippen molar-refractivity contribution in [3.63, 3.8) is 0 Å². The lowest BCUT2D eigenvalue weighted by atomic mass is 10.1. The lowest BCUT2D eigenvalue weighted by Gasteiger charge is -1.95. The van der Waals surface area contributed by atoms with Gasteiger partial charge >= 0.3 is 0 Å². The van der Waals surface area contributed by atoms with Crippen LogP contribution < -0.4 is 0 Å². The number of aryl methyl sites for hydroxylation is 1. The molecule has 0 saturated carbocycles. The molecule has 2 nitrogen and oxygen atoms in total. The predicted molar refractivity (Wildman–Crippen MR) is 47.6 cm³/mol. The van der Waals surface area contributed by atoms with Crippen molar-refractivity contribution in [2.45, 2.75) is 6.92 Å². The van der Waals surface area contributed by atoms with E-state index in [9.17, 15) is 0 Å². The van der Waals surface area contributed by atoms with Crippen molar-refractivity contribution in [1.29, 1.82) is 0 Å². The minimum Gasteiger partial charge on any atom is -0.284 e. The first-order chi connectivity index (χ1) is 5.86. The normalized spacial score (nSPS) is 10.1. The van der Waals surface area contributed by atoms with Crippen molar-refractivity contribution in [3.05, 3.63) is 42.1 Å². The van der Waals surface area contributed by atoms with Gasteiger partial charge in [-0.1, -0.05) is 29.8 Å². The van der Waals surface area contributed by atoms with E-state index in [1.807, 2.05) is 12.1 Å². The third kappa shape index (κ3) is 1.23. The number of hydrogen-bond donors (Lipinski definition) is 1. The van der Waals surface area contributed by atoms with Gasteiger partial charge in [-0.15, -0.1) is 0 Å². The molecule has 0 aliphatic heterocycles. The number of benzene rings is 1. The van der Waals surface area contributed by atoms with E-state index in [-0.39, 0.29) is 0 Å². The number of aromatic nitrogens is 2. The Hall–Kier alpha value is -1.57. The van der Waals surface area contributed by atoms with Crippen LogP contribution in [-0.2, 0) is 0 Å². The number of aromatic amines is 1. The second-order valence-corrected chi connectivity index (χ2v) is 2.74. The van der Waals surface area contributed by atoms with Crippen LogP contribution in [0.5, 0.6) is 0 Å². The predicted octanol–water partition coefficient (Wildman–Crippen LogP) is 2.19. The average Bonchev–Trinajstić information content (AvgIpc) is 2.58. The molecule has 1 aromatic carbocycles. The van der Waals surface area contributed by atoms with Crippen molar-refractivity contribution in [2.75, 3.05) is 0 Å². The van der Waals surface area contributed by atoms with E-state index in [2.05, 4.69) is 35.3 Å². The standard InChI is InChI=1S/C10H9N2/c1-8-2-4-9(5-3-8)10-6-7-11-12-10/h2-5,7H,1H3,(H,11,12). The molecule has 1 N–H and O–H groups in total. The molecule has 0 spiro atoms. The van der Waals surface area contributed by atoms with E-state index in [1.165, 1.54) is 5.56 Å².